The van der Waals surface area contributed by atoms with E-state index in [1.54, 1.807) is 11.0 Å². The summed E-state index contributed by atoms with van der Waals surface area (Å²) >= 11 is 6.10. The Kier molecular flexibility index (Phi) is 13.9. The fourth-order valence-electron chi connectivity index (χ4n) is 9.94. The standard InChI is InChI=1S/C49H55ClN2O10/c1-3-23-60-49-45(52(48(55)57-24-20-50)30-32-14-18-43-44(25-32)59-31-58-43)29-41(51-56-2)39-27-35(12-6-8-21-53)38(13-7-9-22-54)46(47(39)49)40-28-37(17-19-42(40)62-49)61-36-16-15-33-10-4-5-11-34(33)26-36/h3-5,10-11,14-19,25-28,35,38,45-47,53-54H,1,6-9,12-13,20-24,29-31H2,2H3/t35-,38+,45-,46+,47+,49+/m0/s1. The molecule has 6 atom stereocenters. The third-order valence-electron chi connectivity index (χ3n) is 12.5. The van der Waals surface area contributed by atoms with Crippen molar-refractivity contribution < 1.29 is 48.3 Å². The molecule has 0 unspecified atom stereocenters. The Balaban J connectivity index is 1.31. The first kappa shape index (κ1) is 43.4. The normalized spacial score (nSPS) is 23.8. The minimum absolute atomic E-state index is 0.00634. The number of ether oxygens (including phenoxy) is 6. The van der Waals surface area contributed by atoms with Gasteiger partial charge < -0.3 is 43.5 Å². The lowest BCUT2D eigenvalue weighted by molar-refractivity contribution is -0.256. The number of carbonyl (C=O) groups is 1. The number of fused-ring (bicyclic) bond motifs is 4. The molecular weight excluding hydrogens is 812 g/mol. The van der Waals surface area contributed by atoms with Crippen LogP contribution in [0.2, 0.25) is 0 Å². The van der Waals surface area contributed by atoms with Crippen LogP contribution in [0.3, 0.4) is 0 Å². The van der Waals surface area contributed by atoms with E-state index in [1.807, 2.05) is 54.6 Å². The first-order valence-electron chi connectivity index (χ1n) is 21.6. The molecular formula is C49H55ClN2O10. The highest BCUT2D eigenvalue weighted by atomic mass is 35.5. The van der Waals surface area contributed by atoms with Crippen LogP contribution in [-0.4, -0.2) is 85.0 Å². The number of hydrogen-bond donors (Lipinski definition) is 2. The number of oxime groups is 1. The van der Waals surface area contributed by atoms with E-state index < -0.39 is 23.8 Å². The molecule has 4 aromatic carbocycles. The third kappa shape index (κ3) is 8.83. The second-order valence-corrected chi connectivity index (χ2v) is 16.6. The quantitative estimate of drug-likeness (QED) is 0.0406. The van der Waals surface area contributed by atoms with Gasteiger partial charge in [-0.25, -0.2) is 4.79 Å². The number of rotatable bonds is 19. The Morgan fingerprint density at radius 2 is 1.69 bits per heavy atom. The second kappa shape index (κ2) is 19.8. The molecule has 8 rings (SSSR count). The van der Waals surface area contributed by atoms with Crippen molar-refractivity contribution in [2.45, 2.75) is 69.2 Å². The monoisotopic (exact) mass is 866 g/mol. The number of aliphatic hydroxyl groups excluding tert-OH is 2. The van der Waals surface area contributed by atoms with Crippen molar-refractivity contribution in [2.75, 3.05) is 46.2 Å². The summed E-state index contributed by atoms with van der Waals surface area (Å²) in [6, 6.07) is 24.9. The van der Waals surface area contributed by atoms with Gasteiger partial charge in [0.1, 0.15) is 37.0 Å². The van der Waals surface area contributed by atoms with Gasteiger partial charge in [-0.1, -0.05) is 66.5 Å². The van der Waals surface area contributed by atoms with Crippen molar-refractivity contribution in [3.63, 3.8) is 0 Å². The average Bonchev–Trinajstić information content (AvgIpc) is 3.77. The van der Waals surface area contributed by atoms with Crippen molar-refractivity contribution in [1.29, 1.82) is 0 Å². The van der Waals surface area contributed by atoms with Crippen molar-refractivity contribution in [3.05, 3.63) is 114 Å². The van der Waals surface area contributed by atoms with Crippen LogP contribution < -0.4 is 18.9 Å². The zero-order chi connectivity index (χ0) is 43.1. The van der Waals surface area contributed by atoms with E-state index in [4.69, 9.17) is 44.9 Å². The molecule has 2 heterocycles. The van der Waals surface area contributed by atoms with Gasteiger partial charge in [0.2, 0.25) is 12.6 Å². The van der Waals surface area contributed by atoms with E-state index in [0.29, 0.717) is 47.3 Å². The van der Waals surface area contributed by atoms with E-state index in [9.17, 15) is 15.0 Å². The van der Waals surface area contributed by atoms with E-state index in [-0.39, 0.29) is 69.8 Å². The Morgan fingerprint density at radius 1 is 0.935 bits per heavy atom. The summed E-state index contributed by atoms with van der Waals surface area (Å²) in [5, 5.41) is 26.7. The number of nitrogens with zero attached hydrogens (tertiary/aromatic N) is 2. The zero-order valence-electron chi connectivity index (χ0n) is 35.1. The largest absolute Gasteiger partial charge is 0.459 e. The highest BCUT2D eigenvalue weighted by Crippen LogP contribution is 2.62. The Morgan fingerprint density at radius 3 is 2.48 bits per heavy atom. The number of hydrogen-bond acceptors (Lipinski definition) is 11. The molecule has 1 saturated carbocycles. The number of amides is 1. The molecule has 62 heavy (non-hydrogen) atoms. The Bertz CT molecular complexity index is 2280. The van der Waals surface area contributed by atoms with Crippen LogP contribution >= 0.6 is 11.6 Å². The molecule has 13 heteroatoms. The van der Waals surface area contributed by atoms with Crippen molar-refractivity contribution in [2.24, 2.45) is 22.9 Å². The maximum atomic E-state index is 14.5. The highest BCUT2D eigenvalue weighted by molar-refractivity contribution is 6.18. The van der Waals surface area contributed by atoms with Crippen molar-refractivity contribution in [3.8, 4) is 28.7 Å². The van der Waals surface area contributed by atoms with Crippen LogP contribution in [0, 0.1) is 17.8 Å². The summed E-state index contributed by atoms with van der Waals surface area (Å²) in [4.78, 5) is 21.8. The van der Waals surface area contributed by atoms with Crippen LogP contribution in [-0.2, 0) is 20.9 Å². The van der Waals surface area contributed by atoms with Gasteiger partial charge in [0.05, 0.1) is 24.1 Å². The summed E-state index contributed by atoms with van der Waals surface area (Å²) in [6.45, 7) is 4.55. The van der Waals surface area contributed by atoms with E-state index in [0.717, 1.165) is 53.2 Å². The minimum Gasteiger partial charge on any atom is -0.459 e. The topological polar surface area (TPSA) is 138 Å². The molecule has 328 valence electrons. The van der Waals surface area contributed by atoms with Crippen LogP contribution in [0.5, 0.6) is 28.7 Å². The van der Waals surface area contributed by atoms with Gasteiger partial charge in [-0.3, -0.25) is 4.90 Å². The van der Waals surface area contributed by atoms with E-state index in [1.165, 1.54) is 7.11 Å². The van der Waals surface area contributed by atoms with Crippen molar-refractivity contribution >= 4 is 34.2 Å². The SMILES string of the molecule is C=CCO[C@@]12Oc3ccc(Oc4ccc5ccccc5c4)cc3[C@H]3[C@H](CCCCO)[C@@H](CCCCO)C=C(C(=NOC)C[C@@H]1N(Cc1ccc4c(c1)OCO4)C(=O)OCCCl)[C@H]32. The molecule has 12 nitrogen and oxygen atoms in total. The zero-order valence-corrected chi connectivity index (χ0v) is 35.8. The number of carbonyl (C=O) groups excluding carboxylic acids is 1. The first-order valence-corrected chi connectivity index (χ1v) is 22.1. The lowest BCUT2D eigenvalue weighted by Gasteiger charge is -2.59. The number of unbranched alkanes of at least 4 members (excludes halogenated alkanes) is 2. The summed E-state index contributed by atoms with van der Waals surface area (Å²) < 4.78 is 38.2. The lowest BCUT2D eigenvalue weighted by Crippen LogP contribution is -2.70. The summed E-state index contributed by atoms with van der Waals surface area (Å²) in [5.74, 6) is 1.16. The van der Waals surface area contributed by atoms with E-state index >= 15 is 0 Å². The van der Waals surface area contributed by atoms with Gasteiger partial charge >= 0.3 is 6.09 Å². The van der Waals surface area contributed by atoms with Gasteiger partial charge in [0, 0.05) is 37.7 Å². The molecule has 0 saturated heterocycles. The lowest BCUT2D eigenvalue weighted by atomic mass is 9.55. The average molecular weight is 867 g/mol. The van der Waals surface area contributed by atoms with Gasteiger partial charge in [-0.2, -0.15) is 0 Å². The van der Waals surface area contributed by atoms with Gasteiger partial charge in [-0.05, 0) is 102 Å². The number of alkyl halides is 1. The molecule has 4 aromatic rings. The second-order valence-electron chi connectivity index (χ2n) is 16.2. The predicted octanol–water partition coefficient (Wildman–Crippen LogP) is 9.50. The number of allylic oxidation sites excluding steroid dienone is 1. The minimum atomic E-state index is -1.48. The van der Waals surface area contributed by atoms with Crippen molar-refractivity contribution in [1.82, 2.24) is 4.90 Å². The number of benzene rings is 4. The molecule has 2 N–H and O–H groups in total. The van der Waals surface area contributed by atoms with Gasteiger partial charge in [0.25, 0.3) is 0 Å². The van der Waals surface area contributed by atoms with Crippen LogP contribution in [0.4, 0.5) is 4.79 Å². The van der Waals surface area contributed by atoms with Crippen LogP contribution in [0.1, 0.15) is 62.0 Å². The fraction of sp³-hybridized carbons (Fsp3) is 0.429. The fourth-order valence-corrected chi connectivity index (χ4v) is 10.0. The number of aliphatic hydroxyl groups is 2. The third-order valence-corrected chi connectivity index (χ3v) is 12.7. The predicted molar refractivity (Wildman–Crippen MR) is 236 cm³/mol. The highest BCUT2D eigenvalue weighted by Gasteiger charge is 2.65. The molecule has 2 aliphatic carbocycles. The van der Waals surface area contributed by atoms with Crippen LogP contribution in [0.25, 0.3) is 10.8 Å². The Labute approximate surface area is 367 Å². The molecule has 2 aliphatic heterocycles. The molecule has 0 bridgehead atoms. The van der Waals surface area contributed by atoms with Gasteiger partial charge in [0.15, 0.2) is 11.5 Å². The molecule has 4 aliphatic rings. The first-order chi connectivity index (χ1) is 30.4. The summed E-state index contributed by atoms with van der Waals surface area (Å²) in [5.41, 5.74) is 3.32. The molecule has 1 fully saturated rings. The van der Waals surface area contributed by atoms with E-state index in [2.05, 4.69) is 42.1 Å². The molecule has 1 amide bonds. The molecule has 0 radical (unpaired) electrons. The summed E-state index contributed by atoms with van der Waals surface area (Å²) in [7, 11) is 1.53. The maximum absolute atomic E-state index is 14.5. The van der Waals surface area contributed by atoms with Crippen LogP contribution in [0.15, 0.2) is 108 Å². The Hall–Kier alpha value is -5.27. The maximum Gasteiger partial charge on any atom is 0.410 e. The molecule has 0 aromatic heterocycles. The smallest absolute Gasteiger partial charge is 0.410 e. The molecule has 0 spiro atoms. The van der Waals surface area contributed by atoms with Gasteiger partial charge in [-0.15, -0.1) is 18.2 Å². The summed E-state index contributed by atoms with van der Waals surface area (Å²) in [6.07, 6.45) is 8.16. The number of halogens is 1.